The van der Waals surface area contributed by atoms with E-state index in [-0.39, 0.29) is 12.0 Å². The van der Waals surface area contributed by atoms with Crippen LogP contribution in [0.4, 0.5) is 0 Å². The lowest BCUT2D eigenvalue weighted by Crippen LogP contribution is -2.67. The number of likely N-dealkylation sites (N-methyl/N-ethyl adjacent to an activating group) is 1. The van der Waals surface area contributed by atoms with Gasteiger partial charge in [0.2, 0.25) is 6.29 Å². The first-order chi connectivity index (χ1) is 26.7. The first-order valence-electron chi connectivity index (χ1n) is 20.2. The normalized spacial score (nSPS) is 31.7. The summed E-state index contributed by atoms with van der Waals surface area (Å²) in [4.78, 5) is 70.2. The molecule has 0 radical (unpaired) electrons. The summed E-state index contributed by atoms with van der Waals surface area (Å²) < 4.78 is 49.6. The van der Waals surface area contributed by atoms with Gasteiger partial charge in [-0.15, -0.1) is 0 Å². The van der Waals surface area contributed by atoms with Crippen molar-refractivity contribution in [3.8, 4) is 11.5 Å². The zero-order valence-corrected chi connectivity index (χ0v) is 36.4. The van der Waals surface area contributed by atoms with E-state index >= 15 is 0 Å². The smallest absolute Gasteiger partial charge is 0.339 e. The fraction of sp³-hybridized carbons (Fsp3) is 0.705. The Balaban J connectivity index is 1.46. The van der Waals surface area contributed by atoms with E-state index in [0.29, 0.717) is 17.9 Å². The summed E-state index contributed by atoms with van der Waals surface area (Å²) >= 11 is 0. The maximum absolute atomic E-state index is 13.8. The monoisotopic (exact) mass is 811 g/mol. The van der Waals surface area contributed by atoms with E-state index in [1.165, 1.54) is 0 Å². The van der Waals surface area contributed by atoms with Gasteiger partial charge in [-0.2, -0.15) is 0 Å². The molecule has 0 saturated carbocycles. The van der Waals surface area contributed by atoms with Crippen LogP contribution in [0.2, 0.25) is 0 Å². The van der Waals surface area contributed by atoms with Gasteiger partial charge in [-0.05, 0) is 121 Å². The summed E-state index contributed by atoms with van der Waals surface area (Å²) in [6.45, 7) is 20.9. The Bertz CT molecular complexity index is 1860. The van der Waals surface area contributed by atoms with Crippen LogP contribution in [-0.2, 0) is 64.2 Å². The minimum atomic E-state index is -1.67. The number of ether oxygens (including phenoxy) is 8. The summed E-state index contributed by atoms with van der Waals surface area (Å²) in [5.41, 5.74) is -2.48. The van der Waals surface area contributed by atoms with Crippen LogP contribution in [-0.4, -0.2) is 104 Å². The Morgan fingerprint density at radius 1 is 0.741 bits per heavy atom. The quantitative estimate of drug-likeness (QED) is 0.152. The van der Waals surface area contributed by atoms with E-state index in [9.17, 15) is 24.0 Å². The number of likely N-dealkylation sites (tertiary alicyclic amines) is 1. The molecule has 2 bridgehead atoms. The highest BCUT2D eigenvalue weighted by atomic mass is 16.7. The van der Waals surface area contributed by atoms with Crippen molar-refractivity contribution in [1.82, 2.24) is 4.90 Å². The highest BCUT2D eigenvalue weighted by molar-refractivity contribution is 5.81. The van der Waals surface area contributed by atoms with Gasteiger partial charge >= 0.3 is 29.8 Å². The van der Waals surface area contributed by atoms with Gasteiger partial charge in [0.15, 0.2) is 35.9 Å². The molecule has 5 aliphatic rings. The Kier molecular flexibility index (Phi) is 11.2. The molecule has 2 fully saturated rings. The molecule has 320 valence electrons. The minimum absolute atomic E-state index is 0.00436. The SMILES string of the molecule is COC(=O)[C@H]1O[C@@H](O[C@H]2C=CC3C4Cc5ccc(OC(=O)C(C)(C)C)c6c5[C@@]3(CCN4C)[C@H]2O6)[C@H](OC(=O)C(C)(C)C)[C@@H](OC(=O)C(C)(C)C)[C@@H]1OC(=O)C(C)(C)C. The second-order valence-corrected chi connectivity index (χ2v) is 20.5. The van der Waals surface area contributed by atoms with Gasteiger partial charge in [0.05, 0.1) is 28.8 Å². The van der Waals surface area contributed by atoms with Crippen molar-refractivity contribution in [3.63, 3.8) is 0 Å². The Morgan fingerprint density at radius 2 is 1.29 bits per heavy atom. The van der Waals surface area contributed by atoms with Crippen molar-refractivity contribution >= 4 is 29.8 Å². The van der Waals surface area contributed by atoms with Crippen LogP contribution in [0, 0.1) is 27.6 Å². The van der Waals surface area contributed by atoms with E-state index in [1.807, 2.05) is 12.1 Å². The zero-order valence-electron chi connectivity index (χ0n) is 36.4. The van der Waals surface area contributed by atoms with E-state index < -0.39 is 99.8 Å². The first kappa shape index (κ1) is 43.6. The van der Waals surface area contributed by atoms with Crippen LogP contribution in [0.5, 0.6) is 11.5 Å². The van der Waals surface area contributed by atoms with Crippen LogP contribution in [0.25, 0.3) is 0 Å². The van der Waals surface area contributed by atoms with Crippen LogP contribution in [0.15, 0.2) is 24.3 Å². The van der Waals surface area contributed by atoms with Crippen molar-refractivity contribution in [2.75, 3.05) is 20.7 Å². The fourth-order valence-corrected chi connectivity index (χ4v) is 8.33. The van der Waals surface area contributed by atoms with E-state index in [4.69, 9.17) is 37.9 Å². The molecule has 58 heavy (non-hydrogen) atoms. The third-order valence-corrected chi connectivity index (χ3v) is 11.7. The van der Waals surface area contributed by atoms with Crippen LogP contribution >= 0.6 is 0 Å². The molecule has 3 heterocycles. The molecule has 2 unspecified atom stereocenters. The Hall–Kier alpha value is -4.01. The third-order valence-electron chi connectivity index (χ3n) is 11.7. The van der Waals surface area contributed by atoms with E-state index in [1.54, 1.807) is 89.2 Å². The van der Waals surface area contributed by atoms with Crippen molar-refractivity contribution in [2.45, 2.75) is 150 Å². The predicted octanol–water partition coefficient (Wildman–Crippen LogP) is 5.24. The van der Waals surface area contributed by atoms with Crippen molar-refractivity contribution in [1.29, 1.82) is 0 Å². The van der Waals surface area contributed by atoms with Gasteiger partial charge < -0.3 is 42.8 Å². The lowest BCUT2D eigenvalue weighted by molar-refractivity contribution is -0.316. The molecule has 6 rings (SSSR count). The molecule has 10 atom stereocenters. The van der Waals surface area contributed by atoms with Gasteiger partial charge in [-0.3, -0.25) is 19.2 Å². The molecular formula is C44H61NO13. The molecule has 2 aliphatic carbocycles. The zero-order chi connectivity index (χ0) is 43.1. The minimum Gasteiger partial charge on any atom is -0.482 e. The fourth-order valence-electron chi connectivity index (χ4n) is 8.33. The number of esters is 5. The number of hydrogen-bond donors (Lipinski definition) is 0. The number of carbonyl (C=O) groups excluding carboxylic acids is 5. The lowest BCUT2D eigenvalue weighted by Gasteiger charge is -2.57. The molecular weight excluding hydrogens is 750 g/mol. The molecule has 14 heteroatoms. The summed E-state index contributed by atoms with van der Waals surface area (Å²) in [5, 5.41) is 0. The van der Waals surface area contributed by atoms with E-state index in [0.717, 1.165) is 31.2 Å². The molecule has 1 aromatic carbocycles. The van der Waals surface area contributed by atoms with Crippen molar-refractivity contribution < 1.29 is 61.9 Å². The Labute approximate surface area is 341 Å². The van der Waals surface area contributed by atoms with Gasteiger partial charge in [0.25, 0.3) is 0 Å². The molecule has 14 nitrogen and oxygen atoms in total. The van der Waals surface area contributed by atoms with Gasteiger partial charge in [0.1, 0.15) is 12.2 Å². The average molecular weight is 812 g/mol. The van der Waals surface area contributed by atoms with Crippen LogP contribution in [0.1, 0.15) is 101 Å². The number of benzene rings is 1. The van der Waals surface area contributed by atoms with Crippen molar-refractivity contribution in [2.24, 2.45) is 27.6 Å². The van der Waals surface area contributed by atoms with Gasteiger partial charge in [0, 0.05) is 22.9 Å². The van der Waals surface area contributed by atoms with Crippen molar-refractivity contribution in [3.05, 3.63) is 35.4 Å². The number of hydrogen-bond acceptors (Lipinski definition) is 14. The first-order valence-corrected chi connectivity index (χ1v) is 20.2. The number of rotatable bonds is 7. The maximum Gasteiger partial charge on any atom is 0.339 e. The Morgan fingerprint density at radius 3 is 1.84 bits per heavy atom. The molecule has 0 amide bonds. The molecule has 2 saturated heterocycles. The summed E-state index contributed by atoms with van der Waals surface area (Å²) in [7, 11) is 3.27. The molecule has 3 aliphatic heterocycles. The topological polar surface area (TPSA) is 162 Å². The largest absolute Gasteiger partial charge is 0.482 e. The highest BCUT2D eigenvalue weighted by Gasteiger charge is 2.66. The average Bonchev–Trinajstić information content (AvgIpc) is 3.46. The third kappa shape index (κ3) is 7.76. The molecule has 0 aromatic heterocycles. The number of carbonyl (C=O) groups is 5. The summed E-state index contributed by atoms with van der Waals surface area (Å²) in [6.07, 6.45) is -4.08. The maximum atomic E-state index is 13.8. The highest BCUT2D eigenvalue weighted by Crippen LogP contribution is 2.63. The second kappa shape index (κ2) is 14.9. The summed E-state index contributed by atoms with van der Waals surface area (Å²) in [5.74, 6) is -2.68. The van der Waals surface area contributed by atoms with E-state index in [2.05, 4.69) is 18.0 Å². The molecule has 1 spiro atoms. The number of methoxy groups -OCH3 is 1. The van der Waals surface area contributed by atoms with Gasteiger partial charge in [-0.1, -0.05) is 18.2 Å². The number of piperidine rings is 1. The predicted molar refractivity (Wildman–Crippen MR) is 209 cm³/mol. The van der Waals surface area contributed by atoms with Crippen LogP contribution in [0.3, 0.4) is 0 Å². The molecule has 1 aromatic rings. The lowest BCUT2D eigenvalue weighted by atomic mass is 9.53. The summed E-state index contributed by atoms with van der Waals surface area (Å²) in [6, 6.07) is 3.94. The number of nitrogens with zero attached hydrogens (tertiary/aromatic N) is 1. The standard InChI is InChI=1S/C44H61NO13/c1-40(2,3)36(47)53-25-17-15-22-21-24-23-16-18-26(33-44(23,19-20-45(24)13)27(22)28(25)54-33)52-35-32(58-39(50)43(10,11)12)30(57-38(49)42(7,8)9)29(31(55-35)34(46)51-14)56-37(48)41(4,5)6/h15-18,23-24,26,29-33,35H,19-21H2,1-14H3/t23?,24?,26-,29-,30-,31-,32+,33-,35+,44-/m0/s1. The van der Waals surface area contributed by atoms with Crippen LogP contribution < -0.4 is 9.47 Å². The molecule has 0 N–H and O–H groups in total. The second-order valence-electron chi connectivity index (χ2n) is 20.5. The van der Waals surface area contributed by atoms with Gasteiger partial charge in [-0.25, -0.2) is 4.79 Å².